The molecule has 144 valence electrons. The summed E-state index contributed by atoms with van der Waals surface area (Å²) in [5, 5.41) is 2.88. The van der Waals surface area contributed by atoms with Gasteiger partial charge < -0.3 is 19.9 Å². The summed E-state index contributed by atoms with van der Waals surface area (Å²) >= 11 is 0. The van der Waals surface area contributed by atoms with E-state index in [0.29, 0.717) is 6.54 Å². The second kappa shape index (κ2) is 8.86. The zero-order valence-electron chi connectivity index (χ0n) is 16.4. The lowest BCUT2D eigenvalue weighted by molar-refractivity contribution is -0.123. The van der Waals surface area contributed by atoms with Gasteiger partial charge in [-0.25, -0.2) is 4.98 Å². The van der Waals surface area contributed by atoms with Crippen LogP contribution >= 0.6 is 0 Å². The fraction of sp³-hybridized carbons (Fsp3) is 0.429. The van der Waals surface area contributed by atoms with Crippen LogP contribution in [0.25, 0.3) is 0 Å². The van der Waals surface area contributed by atoms with Gasteiger partial charge in [0.2, 0.25) is 0 Å². The number of amides is 1. The summed E-state index contributed by atoms with van der Waals surface area (Å²) in [7, 11) is 2.14. The fourth-order valence-electron chi connectivity index (χ4n) is 3.10. The molecular weight excluding hydrogens is 340 g/mol. The minimum Gasteiger partial charge on any atom is -0.484 e. The van der Waals surface area contributed by atoms with E-state index in [9.17, 15) is 4.79 Å². The first kappa shape index (κ1) is 19.2. The highest BCUT2D eigenvalue weighted by molar-refractivity contribution is 5.77. The van der Waals surface area contributed by atoms with Crippen LogP contribution in [0.1, 0.15) is 16.7 Å². The number of hydrogen-bond acceptors (Lipinski definition) is 5. The average molecular weight is 368 g/mol. The van der Waals surface area contributed by atoms with Crippen molar-refractivity contribution in [2.24, 2.45) is 0 Å². The molecule has 6 nitrogen and oxygen atoms in total. The van der Waals surface area contributed by atoms with Crippen LogP contribution in [0, 0.1) is 13.8 Å². The maximum atomic E-state index is 12.0. The minimum absolute atomic E-state index is 0.0106. The highest BCUT2D eigenvalue weighted by atomic mass is 16.5. The third kappa shape index (κ3) is 5.44. The van der Waals surface area contributed by atoms with Crippen molar-refractivity contribution in [3.63, 3.8) is 0 Å². The predicted octanol–water partition coefficient (Wildman–Crippen LogP) is 2.15. The van der Waals surface area contributed by atoms with Crippen LogP contribution in [0.3, 0.4) is 0 Å². The molecule has 0 aliphatic carbocycles. The molecule has 0 bridgehead atoms. The Kier molecular flexibility index (Phi) is 6.29. The summed E-state index contributed by atoms with van der Waals surface area (Å²) in [6, 6.07) is 9.97. The van der Waals surface area contributed by atoms with E-state index in [1.807, 2.05) is 50.4 Å². The second-order valence-corrected chi connectivity index (χ2v) is 7.15. The van der Waals surface area contributed by atoms with Crippen molar-refractivity contribution in [3.8, 4) is 5.75 Å². The highest BCUT2D eigenvalue weighted by Gasteiger charge is 2.15. The number of pyridine rings is 1. The zero-order chi connectivity index (χ0) is 19.2. The molecule has 0 radical (unpaired) electrons. The number of piperazine rings is 1. The number of carbonyl (C=O) groups excluding carboxylic acids is 1. The Bertz CT molecular complexity index is 768. The number of aryl methyl sites for hydroxylation is 2. The molecule has 1 saturated heterocycles. The standard InChI is InChI=1S/C21H28N4O2/c1-16-4-6-19(17(2)12-16)27-15-21(26)23-14-18-5-7-20(22-13-18)25-10-8-24(3)9-11-25/h4-7,12-13H,8-11,14-15H2,1-3H3,(H,23,26). The Labute approximate surface area is 161 Å². The molecule has 1 aliphatic heterocycles. The van der Waals surface area contributed by atoms with Crippen molar-refractivity contribution < 1.29 is 9.53 Å². The number of carbonyl (C=O) groups is 1. The highest BCUT2D eigenvalue weighted by Crippen LogP contribution is 2.18. The largest absolute Gasteiger partial charge is 0.484 e. The first-order valence-corrected chi connectivity index (χ1v) is 9.36. The summed E-state index contributed by atoms with van der Waals surface area (Å²) in [5.74, 6) is 1.60. The van der Waals surface area contributed by atoms with E-state index >= 15 is 0 Å². The SMILES string of the molecule is Cc1ccc(OCC(=O)NCc2ccc(N3CCN(C)CC3)nc2)c(C)c1. The number of ether oxygens (including phenoxy) is 1. The molecule has 0 saturated carbocycles. The van der Waals surface area contributed by atoms with Crippen LogP contribution in [0.15, 0.2) is 36.5 Å². The molecule has 1 aliphatic rings. The quantitative estimate of drug-likeness (QED) is 0.847. The zero-order valence-corrected chi connectivity index (χ0v) is 16.4. The van der Waals surface area contributed by atoms with E-state index in [1.165, 1.54) is 5.56 Å². The minimum atomic E-state index is -0.141. The monoisotopic (exact) mass is 368 g/mol. The Balaban J connectivity index is 1.44. The van der Waals surface area contributed by atoms with Crippen LogP contribution in [-0.2, 0) is 11.3 Å². The first-order valence-electron chi connectivity index (χ1n) is 9.36. The molecule has 0 unspecified atom stereocenters. The van der Waals surface area contributed by atoms with E-state index in [2.05, 4.69) is 27.1 Å². The van der Waals surface area contributed by atoms with E-state index in [4.69, 9.17) is 4.74 Å². The van der Waals surface area contributed by atoms with E-state index in [0.717, 1.165) is 48.9 Å². The van der Waals surface area contributed by atoms with E-state index in [-0.39, 0.29) is 12.5 Å². The summed E-state index contributed by atoms with van der Waals surface area (Å²) in [4.78, 5) is 21.2. The molecule has 1 aromatic carbocycles. The molecule has 1 N–H and O–H groups in total. The van der Waals surface area contributed by atoms with Gasteiger partial charge in [0.15, 0.2) is 6.61 Å². The number of rotatable bonds is 6. The molecular formula is C21H28N4O2. The molecule has 1 amide bonds. The molecule has 1 fully saturated rings. The molecule has 6 heteroatoms. The number of benzene rings is 1. The van der Waals surface area contributed by atoms with Crippen molar-refractivity contribution in [3.05, 3.63) is 53.2 Å². The third-order valence-electron chi connectivity index (χ3n) is 4.82. The topological polar surface area (TPSA) is 57.7 Å². The van der Waals surface area contributed by atoms with Gasteiger partial charge in [-0.15, -0.1) is 0 Å². The number of nitrogens with one attached hydrogen (secondary N) is 1. The van der Waals surface area contributed by atoms with Gasteiger partial charge >= 0.3 is 0 Å². The van der Waals surface area contributed by atoms with Crippen molar-refractivity contribution in [2.45, 2.75) is 20.4 Å². The van der Waals surface area contributed by atoms with Gasteiger partial charge in [-0.1, -0.05) is 23.8 Å². The maximum Gasteiger partial charge on any atom is 0.258 e. The first-order chi connectivity index (χ1) is 13.0. The molecule has 27 heavy (non-hydrogen) atoms. The van der Waals surface area contributed by atoms with Gasteiger partial charge in [-0.05, 0) is 44.2 Å². The van der Waals surface area contributed by atoms with Gasteiger partial charge in [0, 0.05) is 38.9 Å². The normalized spacial score (nSPS) is 14.9. The Morgan fingerprint density at radius 1 is 1.15 bits per heavy atom. The van der Waals surface area contributed by atoms with E-state index < -0.39 is 0 Å². The number of likely N-dealkylation sites (N-methyl/N-ethyl adjacent to an activating group) is 1. The molecule has 2 aromatic rings. The second-order valence-electron chi connectivity index (χ2n) is 7.15. The van der Waals surface area contributed by atoms with Crippen LogP contribution in [0.2, 0.25) is 0 Å². The Morgan fingerprint density at radius 3 is 2.59 bits per heavy atom. The Hall–Kier alpha value is -2.60. The molecule has 3 rings (SSSR count). The molecule has 1 aromatic heterocycles. The number of anilines is 1. The van der Waals surface area contributed by atoms with Crippen LogP contribution < -0.4 is 15.0 Å². The average Bonchev–Trinajstić information content (AvgIpc) is 2.67. The van der Waals surface area contributed by atoms with Crippen LogP contribution in [-0.4, -0.2) is 55.6 Å². The summed E-state index contributed by atoms with van der Waals surface area (Å²) < 4.78 is 5.61. The van der Waals surface area contributed by atoms with Crippen molar-refractivity contribution >= 4 is 11.7 Å². The van der Waals surface area contributed by atoms with Crippen molar-refractivity contribution in [2.75, 3.05) is 44.7 Å². The smallest absolute Gasteiger partial charge is 0.258 e. The van der Waals surface area contributed by atoms with Crippen molar-refractivity contribution in [1.82, 2.24) is 15.2 Å². The molecule has 0 spiro atoms. The molecule has 0 atom stereocenters. The lowest BCUT2D eigenvalue weighted by Crippen LogP contribution is -2.44. The summed E-state index contributed by atoms with van der Waals surface area (Å²) in [6.45, 7) is 8.58. The molecule has 2 heterocycles. The van der Waals surface area contributed by atoms with E-state index in [1.54, 1.807) is 0 Å². The number of aromatic nitrogens is 1. The lowest BCUT2D eigenvalue weighted by Gasteiger charge is -2.33. The van der Waals surface area contributed by atoms with Gasteiger partial charge in [-0.2, -0.15) is 0 Å². The van der Waals surface area contributed by atoms with Gasteiger partial charge in [0.25, 0.3) is 5.91 Å². The van der Waals surface area contributed by atoms with Crippen LogP contribution in [0.4, 0.5) is 5.82 Å². The predicted molar refractivity (Wildman–Crippen MR) is 107 cm³/mol. The van der Waals surface area contributed by atoms with Crippen molar-refractivity contribution in [1.29, 1.82) is 0 Å². The summed E-state index contributed by atoms with van der Waals surface area (Å²) in [5.41, 5.74) is 3.19. The van der Waals surface area contributed by atoms with Gasteiger partial charge in [0.1, 0.15) is 11.6 Å². The maximum absolute atomic E-state index is 12.0. The third-order valence-corrected chi connectivity index (χ3v) is 4.82. The van der Waals surface area contributed by atoms with Gasteiger partial charge in [0.05, 0.1) is 0 Å². The lowest BCUT2D eigenvalue weighted by atomic mass is 10.1. The Morgan fingerprint density at radius 2 is 1.93 bits per heavy atom. The van der Waals surface area contributed by atoms with Crippen LogP contribution in [0.5, 0.6) is 5.75 Å². The number of nitrogens with zero attached hydrogens (tertiary/aromatic N) is 3. The fourth-order valence-corrected chi connectivity index (χ4v) is 3.10. The summed E-state index contributed by atoms with van der Waals surface area (Å²) in [6.07, 6.45) is 1.83. The van der Waals surface area contributed by atoms with Gasteiger partial charge in [-0.3, -0.25) is 4.79 Å². The number of hydrogen-bond donors (Lipinski definition) is 1.